The van der Waals surface area contributed by atoms with Crippen LogP contribution in [0.3, 0.4) is 0 Å². The van der Waals surface area contributed by atoms with E-state index in [-0.39, 0.29) is 25.5 Å². The molecule has 0 bridgehead atoms. The minimum atomic E-state index is -1.37. The second-order valence-electron chi connectivity index (χ2n) is 14.0. The van der Waals surface area contributed by atoms with Gasteiger partial charge in [-0.25, -0.2) is 0 Å². The van der Waals surface area contributed by atoms with Gasteiger partial charge in [-0.1, -0.05) is 112 Å². The van der Waals surface area contributed by atoms with Crippen molar-refractivity contribution < 1.29 is 20.1 Å². The first-order chi connectivity index (χ1) is 22.0. The largest absolute Gasteiger partial charge is 0.305 e. The van der Waals surface area contributed by atoms with Crippen molar-refractivity contribution in [2.75, 3.05) is 0 Å². The van der Waals surface area contributed by atoms with Crippen molar-refractivity contribution in [1.29, 1.82) is 0 Å². The maximum absolute atomic E-state index is 4.71. The van der Waals surface area contributed by atoms with Gasteiger partial charge in [-0.05, 0) is 61.8 Å². The summed E-state index contributed by atoms with van der Waals surface area (Å²) in [5, 5.41) is 4.06. The molecular weight excluding hydrogens is 785 g/mol. The fourth-order valence-corrected chi connectivity index (χ4v) is 8.47. The zero-order valence-corrected chi connectivity index (χ0v) is 32.1. The number of benzene rings is 4. The minimum absolute atomic E-state index is 0. The first-order valence-corrected chi connectivity index (χ1v) is 20.2. The number of fused-ring (bicyclic) bond motifs is 3. The number of hydrogen-bond donors (Lipinski definition) is 0. The van der Waals surface area contributed by atoms with Crippen LogP contribution in [-0.4, -0.2) is 18.0 Å². The first-order valence-electron chi connectivity index (χ1n) is 15.9. The summed E-state index contributed by atoms with van der Waals surface area (Å²) in [7, 11) is -1.37. The van der Waals surface area contributed by atoms with E-state index in [9.17, 15) is 0 Å². The van der Waals surface area contributed by atoms with Gasteiger partial charge in [-0.15, -0.1) is 59.7 Å². The first kappa shape index (κ1) is 34.6. The van der Waals surface area contributed by atoms with Gasteiger partial charge >= 0.3 is 0 Å². The Morgan fingerprint density at radius 3 is 2.13 bits per heavy atom. The van der Waals surface area contributed by atoms with Gasteiger partial charge < -0.3 is 9.97 Å². The zero-order valence-electron chi connectivity index (χ0n) is 27.9. The molecule has 0 aliphatic carbocycles. The Labute approximate surface area is 298 Å². The third-order valence-electron chi connectivity index (χ3n) is 7.96. The van der Waals surface area contributed by atoms with Crippen LogP contribution in [0.25, 0.3) is 53.8 Å². The molecule has 239 valence electrons. The molecule has 0 fully saturated rings. The summed E-state index contributed by atoms with van der Waals surface area (Å²) < 4.78 is 2.57. The van der Waals surface area contributed by atoms with Crippen molar-refractivity contribution in [3.63, 3.8) is 0 Å². The smallest absolute Gasteiger partial charge is 0.0798 e. The Balaban J connectivity index is 0.000000184. The summed E-state index contributed by atoms with van der Waals surface area (Å²) in [5.41, 5.74) is 8.38. The molecule has 0 saturated heterocycles. The van der Waals surface area contributed by atoms with Gasteiger partial charge in [0.2, 0.25) is 0 Å². The Hall–Kier alpha value is -3.73. The molecule has 1 radical (unpaired) electrons. The molecule has 0 N–H and O–H groups in total. The van der Waals surface area contributed by atoms with Crippen molar-refractivity contribution in [3.8, 4) is 33.6 Å². The van der Waals surface area contributed by atoms with E-state index in [1.807, 2.05) is 53.9 Å². The molecule has 0 atom stereocenters. The maximum atomic E-state index is 4.71. The summed E-state index contributed by atoms with van der Waals surface area (Å²) in [6.07, 6.45) is 5.03. The van der Waals surface area contributed by atoms with E-state index in [1.54, 1.807) is 0 Å². The molecule has 47 heavy (non-hydrogen) atoms. The molecule has 3 heterocycles. The Morgan fingerprint density at radius 1 is 0.681 bits per heavy atom. The molecule has 5 heteroatoms. The fourth-order valence-electron chi connectivity index (χ4n) is 5.79. The molecule has 0 unspecified atom stereocenters. The predicted molar refractivity (Wildman–Crippen MR) is 201 cm³/mol. The van der Waals surface area contributed by atoms with Gasteiger partial charge in [-0.3, -0.25) is 0 Å². The van der Waals surface area contributed by atoms with Gasteiger partial charge in [0.15, 0.2) is 0 Å². The number of thiophene rings is 1. The van der Waals surface area contributed by atoms with Crippen molar-refractivity contribution in [1.82, 2.24) is 9.97 Å². The van der Waals surface area contributed by atoms with E-state index in [0.717, 1.165) is 28.9 Å². The Kier molecular flexibility index (Phi) is 10.7. The second kappa shape index (κ2) is 14.6. The predicted octanol–water partition coefficient (Wildman–Crippen LogP) is 11.3. The number of nitrogens with zero attached hydrogens (tertiary/aromatic N) is 2. The van der Waals surface area contributed by atoms with Crippen LogP contribution in [0.1, 0.15) is 26.3 Å². The van der Waals surface area contributed by atoms with Crippen molar-refractivity contribution in [3.05, 3.63) is 139 Å². The average molecular weight is 825 g/mol. The third-order valence-corrected chi connectivity index (χ3v) is 11.1. The van der Waals surface area contributed by atoms with E-state index in [4.69, 9.17) is 4.98 Å². The molecule has 0 aliphatic rings. The van der Waals surface area contributed by atoms with Crippen LogP contribution in [-0.2, 0) is 26.5 Å². The summed E-state index contributed by atoms with van der Waals surface area (Å²) >= 11 is 1.82. The van der Waals surface area contributed by atoms with Crippen LogP contribution in [0.4, 0.5) is 0 Å². The number of aromatic nitrogens is 2. The molecule has 4 aromatic carbocycles. The number of hydrogen-bond acceptors (Lipinski definition) is 3. The van der Waals surface area contributed by atoms with Crippen molar-refractivity contribution in [2.24, 2.45) is 5.41 Å². The van der Waals surface area contributed by atoms with Gasteiger partial charge in [-0.2, -0.15) is 11.3 Å². The standard InChI is InChI=1S/C23H14NS.C19H26NSi.Ir/c1-2-6-16(7-3-1)17-9-11-19-20-14-18(21-8-4-5-13-24-21)10-12-22(20)25-23(19)15-17;1-19(2,3)13-16-12-17(15-10-8-7-9-11-15)20-14-18(16)21(4,5)6;/h1-9,11-15H;7-10,12,14H,13H2,1-6H3;/q2*-1;. The van der Waals surface area contributed by atoms with E-state index >= 15 is 0 Å². The molecule has 0 spiro atoms. The fraction of sp³-hybridized carbons (Fsp3) is 0.190. The topological polar surface area (TPSA) is 25.8 Å². The average Bonchev–Trinajstić information content (AvgIpc) is 3.42. The van der Waals surface area contributed by atoms with E-state index < -0.39 is 8.07 Å². The molecule has 7 aromatic rings. The summed E-state index contributed by atoms with van der Waals surface area (Å²) in [4.78, 5) is 9.16. The van der Waals surface area contributed by atoms with Crippen LogP contribution in [0.5, 0.6) is 0 Å². The Morgan fingerprint density at radius 2 is 1.45 bits per heavy atom. The van der Waals surface area contributed by atoms with Crippen LogP contribution in [0.15, 0.2) is 122 Å². The molecule has 0 saturated carbocycles. The minimum Gasteiger partial charge on any atom is -0.305 e. The van der Waals surface area contributed by atoms with Gasteiger partial charge in [0.1, 0.15) is 0 Å². The van der Waals surface area contributed by atoms with Crippen LogP contribution >= 0.6 is 11.3 Å². The second-order valence-corrected chi connectivity index (χ2v) is 20.1. The van der Waals surface area contributed by atoms with Gasteiger partial charge in [0.25, 0.3) is 0 Å². The molecule has 3 aromatic heterocycles. The van der Waals surface area contributed by atoms with Crippen LogP contribution < -0.4 is 5.19 Å². The van der Waals surface area contributed by atoms with E-state index in [0.29, 0.717) is 0 Å². The maximum Gasteiger partial charge on any atom is 0.0798 e. The van der Waals surface area contributed by atoms with E-state index in [2.05, 4.69) is 137 Å². The molecular formula is C42H40IrN2SSi-2. The van der Waals surface area contributed by atoms with Gasteiger partial charge in [0, 0.05) is 37.2 Å². The number of rotatable bonds is 5. The molecule has 0 aliphatic heterocycles. The van der Waals surface area contributed by atoms with Crippen LogP contribution in [0, 0.1) is 17.5 Å². The monoisotopic (exact) mass is 825 g/mol. The molecule has 0 amide bonds. The molecule has 2 nitrogen and oxygen atoms in total. The van der Waals surface area contributed by atoms with Crippen molar-refractivity contribution >= 4 is 44.8 Å². The quantitative estimate of drug-likeness (QED) is 0.128. The SMILES string of the molecule is CC(C)(C)Cc1cc(-c2[c-]cccc2)ncc1[Si](C)(C)C.[Ir].[c-]1cc2sc3cc(-c4ccccc4)ccc3c2cc1-c1ccccn1. The van der Waals surface area contributed by atoms with Crippen molar-refractivity contribution in [2.45, 2.75) is 46.8 Å². The number of pyridine rings is 2. The normalized spacial score (nSPS) is 11.5. The molecule has 7 rings (SSSR count). The summed E-state index contributed by atoms with van der Waals surface area (Å²) in [6.45, 7) is 14.1. The summed E-state index contributed by atoms with van der Waals surface area (Å²) in [6, 6.07) is 44.5. The van der Waals surface area contributed by atoms with E-state index in [1.165, 1.54) is 42.0 Å². The van der Waals surface area contributed by atoms with Crippen LogP contribution in [0.2, 0.25) is 19.6 Å². The van der Waals surface area contributed by atoms with Gasteiger partial charge in [0.05, 0.1) is 8.07 Å². The summed E-state index contributed by atoms with van der Waals surface area (Å²) in [5.74, 6) is 0. The zero-order chi connectivity index (χ0) is 32.3. The Bertz CT molecular complexity index is 2080. The third kappa shape index (κ3) is 8.41.